The van der Waals surface area contributed by atoms with Crippen LogP contribution in [0.4, 0.5) is 4.79 Å². The standard InChI is InChI=1S/C11H17NO5/c1-2-4-17-11(15)12-6-9(7-12)8-16-5-3-10(13)14/h2,9H,1,3-8H2,(H,13,14). The largest absolute Gasteiger partial charge is 0.481 e. The molecule has 0 aromatic rings. The van der Waals surface area contributed by atoms with Gasteiger partial charge in [-0.1, -0.05) is 12.7 Å². The summed E-state index contributed by atoms with van der Waals surface area (Å²) in [5.74, 6) is -0.590. The highest BCUT2D eigenvalue weighted by molar-refractivity contribution is 5.68. The van der Waals surface area contributed by atoms with Gasteiger partial charge in [-0.2, -0.15) is 0 Å². The van der Waals surface area contributed by atoms with Crippen LogP contribution in [0.1, 0.15) is 6.42 Å². The van der Waals surface area contributed by atoms with Crippen molar-refractivity contribution in [2.45, 2.75) is 6.42 Å². The van der Waals surface area contributed by atoms with Gasteiger partial charge in [-0.3, -0.25) is 4.79 Å². The predicted molar refractivity (Wildman–Crippen MR) is 59.7 cm³/mol. The molecule has 1 fully saturated rings. The Hall–Kier alpha value is -1.56. The average Bonchev–Trinajstić information content (AvgIpc) is 2.22. The third-order valence-corrected chi connectivity index (χ3v) is 2.35. The van der Waals surface area contributed by atoms with E-state index in [4.69, 9.17) is 14.6 Å². The SMILES string of the molecule is C=CCOC(=O)N1CC(COCCC(=O)O)C1. The van der Waals surface area contributed by atoms with Gasteiger partial charge in [-0.05, 0) is 0 Å². The van der Waals surface area contributed by atoms with Crippen LogP contribution in [0, 0.1) is 5.92 Å². The zero-order chi connectivity index (χ0) is 12.7. The second-order valence-corrected chi connectivity index (χ2v) is 3.86. The first-order valence-electron chi connectivity index (χ1n) is 5.45. The van der Waals surface area contributed by atoms with Crippen LogP contribution < -0.4 is 0 Å². The molecular weight excluding hydrogens is 226 g/mol. The van der Waals surface area contributed by atoms with E-state index in [1.165, 1.54) is 6.08 Å². The predicted octanol–water partition coefficient (Wildman–Crippen LogP) is 0.732. The fraction of sp³-hybridized carbons (Fsp3) is 0.636. The van der Waals surface area contributed by atoms with Gasteiger partial charge in [-0.15, -0.1) is 0 Å². The maximum atomic E-state index is 11.3. The van der Waals surface area contributed by atoms with Gasteiger partial charge in [0.1, 0.15) is 6.61 Å². The second-order valence-electron chi connectivity index (χ2n) is 3.86. The molecular formula is C11H17NO5. The van der Waals surface area contributed by atoms with E-state index in [2.05, 4.69) is 6.58 Å². The van der Waals surface area contributed by atoms with Crippen molar-refractivity contribution in [1.29, 1.82) is 0 Å². The summed E-state index contributed by atoms with van der Waals surface area (Å²) in [6, 6.07) is 0. The summed E-state index contributed by atoms with van der Waals surface area (Å²) in [4.78, 5) is 23.1. The molecule has 0 spiro atoms. The normalized spacial score (nSPS) is 15.2. The van der Waals surface area contributed by atoms with Crippen LogP contribution >= 0.6 is 0 Å². The number of hydrogen-bond acceptors (Lipinski definition) is 4. The van der Waals surface area contributed by atoms with Gasteiger partial charge in [-0.25, -0.2) is 4.79 Å². The van der Waals surface area contributed by atoms with Gasteiger partial charge in [0.15, 0.2) is 0 Å². The lowest BCUT2D eigenvalue weighted by atomic mass is 10.0. The number of rotatable bonds is 7. The van der Waals surface area contributed by atoms with Crippen molar-refractivity contribution < 1.29 is 24.2 Å². The van der Waals surface area contributed by atoms with Crippen LogP contribution in [0.25, 0.3) is 0 Å². The molecule has 6 heteroatoms. The molecule has 6 nitrogen and oxygen atoms in total. The molecule has 1 rings (SSSR count). The van der Waals surface area contributed by atoms with Crippen LogP contribution in [0.15, 0.2) is 12.7 Å². The summed E-state index contributed by atoms with van der Waals surface area (Å²) in [7, 11) is 0. The molecule has 1 heterocycles. The van der Waals surface area contributed by atoms with E-state index in [-0.39, 0.29) is 31.6 Å². The van der Waals surface area contributed by atoms with Gasteiger partial charge in [0.05, 0.1) is 19.6 Å². The van der Waals surface area contributed by atoms with Gasteiger partial charge < -0.3 is 19.5 Å². The maximum Gasteiger partial charge on any atom is 0.410 e. The third-order valence-electron chi connectivity index (χ3n) is 2.35. The van der Waals surface area contributed by atoms with Gasteiger partial charge in [0.2, 0.25) is 0 Å². The Bertz CT molecular complexity index is 286. The number of ether oxygens (including phenoxy) is 2. The van der Waals surface area contributed by atoms with Gasteiger partial charge >= 0.3 is 12.1 Å². The number of carbonyl (C=O) groups is 2. The first-order valence-corrected chi connectivity index (χ1v) is 5.45. The Balaban J connectivity index is 2.01. The number of hydrogen-bond donors (Lipinski definition) is 1. The summed E-state index contributed by atoms with van der Waals surface area (Å²) in [6.45, 7) is 5.57. The fourth-order valence-electron chi connectivity index (χ4n) is 1.46. The van der Waals surface area contributed by atoms with Crippen molar-refractivity contribution in [3.05, 3.63) is 12.7 Å². The molecule has 1 amide bonds. The highest BCUT2D eigenvalue weighted by Crippen LogP contribution is 2.16. The molecule has 0 saturated carbocycles. The van der Waals surface area contributed by atoms with E-state index in [9.17, 15) is 9.59 Å². The number of amides is 1. The van der Waals surface area contributed by atoms with Crippen LogP contribution in [0.2, 0.25) is 0 Å². The van der Waals surface area contributed by atoms with Crippen LogP contribution in [0.5, 0.6) is 0 Å². The number of carboxylic acids is 1. The van der Waals surface area contributed by atoms with Crippen LogP contribution in [-0.2, 0) is 14.3 Å². The number of likely N-dealkylation sites (tertiary alicyclic amines) is 1. The molecule has 1 aliphatic heterocycles. The minimum absolute atomic E-state index is 0.0117. The van der Waals surface area contributed by atoms with E-state index in [1.54, 1.807) is 4.90 Å². The minimum atomic E-state index is -0.867. The van der Waals surface area contributed by atoms with Crippen molar-refractivity contribution in [2.75, 3.05) is 32.9 Å². The van der Waals surface area contributed by atoms with Crippen molar-refractivity contribution in [3.63, 3.8) is 0 Å². The van der Waals surface area contributed by atoms with Crippen LogP contribution in [0.3, 0.4) is 0 Å². The lowest BCUT2D eigenvalue weighted by Crippen LogP contribution is -2.51. The molecule has 0 atom stereocenters. The molecule has 1 aliphatic rings. The average molecular weight is 243 g/mol. The molecule has 0 bridgehead atoms. The molecule has 0 radical (unpaired) electrons. The summed E-state index contributed by atoms with van der Waals surface area (Å²) >= 11 is 0. The Morgan fingerprint density at radius 1 is 1.47 bits per heavy atom. The lowest BCUT2D eigenvalue weighted by molar-refractivity contribution is -0.138. The Labute approximate surface area is 99.8 Å². The molecule has 0 unspecified atom stereocenters. The van der Waals surface area contributed by atoms with Gasteiger partial charge in [0.25, 0.3) is 0 Å². The zero-order valence-electron chi connectivity index (χ0n) is 9.63. The van der Waals surface area contributed by atoms with Crippen LogP contribution in [-0.4, -0.2) is 55.0 Å². The quantitative estimate of drug-likeness (QED) is 0.527. The highest BCUT2D eigenvalue weighted by atomic mass is 16.6. The molecule has 96 valence electrons. The lowest BCUT2D eigenvalue weighted by Gasteiger charge is -2.37. The molecule has 17 heavy (non-hydrogen) atoms. The maximum absolute atomic E-state index is 11.3. The number of carbonyl (C=O) groups excluding carboxylic acids is 1. The van der Waals surface area contributed by atoms with E-state index in [0.717, 1.165) is 0 Å². The summed E-state index contributed by atoms with van der Waals surface area (Å²) in [5, 5.41) is 8.39. The van der Waals surface area contributed by atoms with E-state index in [0.29, 0.717) is 19.7 Å². The number of nitrogens with zero attached hydrogens (tertiary/aromatic N) is 1. The first-order chi connectivity index (χ1) is 8.13. The molecule has 1 N–H and O–H groups in total. The first kappa shape index (κ1) is 13.5. The monoisotopic (exact) mass is 243 g/mol. The fourth-order valence-corrected chi connectivity index (χ4v) is 1.46. The van der Waals surface area contributed by atoms with Crippen molar-refractivity contribution >= 4 is 12.1 Å². The third kappa shape index (κ3) is 4.86. The van der Waals surface area contributed by atoms with E-state index in [1.807, 2.05) is 0 Å². The Kier molecular flexibility index (Phi) is 5.48. The van der Waals surface area contributed by atoms with Crippen molar-refractivity contribution in [2.24, 2.45) is 5.92 Å². The summed E-state index contributed by atoms with van der Waals surface area (Å²) < 4.78 is 10.0. The van der Waals surface area contributed by atoms with Gasteiger partial charge in [0, 0.05) is 19.0 Å². The summed E-state index contributed by atoms with van der Waals surface area (Å²) in [5.41, 5.74) is 0. The topological polar surface area (TPSA) is 76.1 Å². The van der Waals surface area contributed by atoms with E-state index < -0.39 is 5.97 Å². The second kappa shape index (κ2) is 6.90. The smallest absolute Gasteiger partial charge is 0.410 e. The molecule has 0 aliphatic carbocycles. The van der Waals surface area contributed by atoms with Crippen molar-refractivity contribution in [1.82, 2.24) is 4.90 Å². The molecule has 0 aromatic heterocycles. The summed E-state index contributed by atoms with van der Waals surface area (Å²) in [6.07, 6.45) is 1.19. The van der Waals surface area contributed by atoms with Crippen molar-refractivity contribution in [3.8, 4) is 0 Å². The number of aliphatic carboxylic acids is 1. The Morgan fingerprint density at radius 3 is 2.76 bits per heavy atom. The zero-order valence-corrected chi connectivity index (χ0v) is 9.63. The molecule has 0 aromatic carbocycles. The Morgan fingerprint density at radius 2 is 2.18 bits per heavy atom. The highest BCUT2D eigenvalue weighted by Gasteiger charge is 2.31. The minimum Gasteiger partial charge on any atom is -0.481 e. The van der Waals surface area contributed by atoms with E-state index >= 15 is 0 Å². The number of carboxylic acid groups (broad SMARTS) is 1. The molecule has 1 saturated heterocycles.